The summed E-state index contributed by atoms with van der Waals surface area (Å²) in [4.78, 5) is 11.7. The second-order valence-corrected chi connectivity index (χ2v) is 4.83. The van der Waals surface area contributed by atoms with Gasteiger partial charge < -0.3 is 5.32 Å². The molecule has 106 valence electrons. The molecular weight excluding hydrogens is 264 g/mol. The van der Waals surface area contributed by atoms with E-state index in [1.807, 2.05) is 60.0 Å². The molecule has 0 bridgehead atoms. The minimum Gasteiger partial charge on any atom is -0.326 e. The van der Waals surface area contributed by atoms with E-state index in [4.69, 9.17) is 0 Å². The van der Waals surface area contributed by atoms with Crippen molar-refractivity contribution in [2.45, 2.75) is 19.8 Å². The van der Waals surface area contributed by atoms with Crippen molar-refractivity contribution in [3.63, 3.8) is 0 Å². The molecule has 3 aromatic rings. The normalized spacial score (nSPS) is 10.7. The van der Waals surface area contributed by atoms with E-state index in [0.29, 0.717) is 6.42 Å². The molecule has 0 radical (unpaired) electrons. The molecule has 0 saturated carbocycles. The topological polar surface area (TPSA) is 59.3 Å². The lowest BCUT2D eigenvalue weighted by atomic mass is 10.2. The minimum atomic E-state index is 0.0285. The Balaban J connectivity index is 1.94. The van der Waals surface area contributed by atoms with E-state index < -0.39 is 0 Å². The first kappa shape index (κ1) is 13.3. The van der Waals surface area contributed by atoms with E-state index in [9.17, 15) is 4.79 Å². The molecule has 1 N–H and O–H groups in total. The predicted molar refractivity (Wildman–Crippen MR) is 82.0 cm³/mol. The highest BCUT2D eigenvalue weighted by Gasteiger charge is 2.08. The number of fused-ring (bicyclic) bond motifs is 1. The molecule has 2 heterocycles. The van der Waals surface area contributed by atoms with Crippen LogP contribution in [0.15, 0.2) is 48.7 Å². The number of benzene rings is 1. The first-order chi connectivity index (χ1) is 10.3. The quantitative estimate of drug-likeness (QED) is 0.798. The van der Waals surface area contributed by atoms with E-state index in [1.54, 1.807) is 0 Å². The van der Waals surface area contributed by atoms with Crippen molar-refractivity contribution >= 4 is 17.2 Å². The molecule has 3 rings (SSSR count). The fourth-order valence-electron chi connectivity index (χ4n) is 2.22. The Morgan fingerprint density at radius 3 is 2.95 bits per heavy atom. The maximum absolute atomic E-state index is 11.7. The molecule has 0 aliphatic rings. The molecular formula is C16H16N4O. The minimum absolute atomic E-state index is 0.0285. The second kappa shape index (κ2) is 5.75. The van der Waals surface area contributed by atoms with Crippen molar-refractivity contribution in [1.29, 1.82) is 0 Å². The van der Waals surface area contributed by atoms with Crippen LogP contribution < -0.4 is 5.32 Å². The zero-order chi connectivity index (χ0) is 14.7. The number of hydrogen-bond donors (Lipinski definition) is 1. The average molecular weight is 280 g/mol. The Morgan fingerprint density at radius 1 is 1.19 bits per heavy atom. The molecule has 0 aliphatic heterocycles. The maximum Gasteiger partial charge on any atom is 0.224 e. The number of rotatable bonds is 4. The number of aromatic nitrogens is 3. The first-order valence-electron chi connectivity index (χ1n) is 6.98. The molecule has 5 nitrogen and oxygen atoms in total. The summed E-state index contributed by atoms with van der Waals surface area (Å²) >= 11 is 0. The van der Waals surface area contributed by atoms with Crippen LogP contribution in [0.2, 0.25) is 0 Å². The van der Waals surface area contributed by atoms with Crippen LogP contribution in [0.5, 0.6) is 0 Å². The van der Waals surface area contributed by atoms with Gasteiger partial charge in [-0.2, -0.15) is 0 Å². The standard InChI is InChI=1S/C16H16N4O/c1-2-6-15(21)17-13-8-5-7-12(11-13)16-19-18-14-9-3-4-10-20(14)16/h3-5,7-11H,2,6H2,1H3,(H,17,21). The molecule has 5 heteroatoms. The highest BCUT2D eigenvalue weighted by Crippen LogP contribution is 2.21. The Morgan fingerprint density at radius 2 is 2.10 bits per heavy atom. The van der Waals surface area contributed by atoms with E-state index in [1.165, 1.54) is 0 Å². The second-order valence-electron chi connectivity index (χ2n) is 4.83. The monoisotopic (exact) mass is 280 g/mol. The Bertz CT molecular complexity index is 779. The number of hydrogen-bond acceptors (Lipinski definition) is 3. The number of carbonyl (C=O) groups excluding carboxylic acids is 1. The number of carbonyl (C=O) groups is 1. The summed E-state index contributed by atoms with van der Waals surface area (Å²) in [6.07, 6.45) is 3.28. The first-order valence-corrected chi connectivity index (χ1v) is 6.98. The van der Waals surface area contributed by atoms with Gasteiger partial charge in [-0.25, -0.2) is 0 Å². The van der Waals surface area contributed by atoms with E-state index in [0.717, 1.165) is 29.1 Å². The predicted octanol–water partition coefficient (Wildman–Crippen LogP) is 3.13. The third-order valence-electron chi connectivity index (χ3n) is 3.20. The summed E-state index contributed by atoms with van der Waals surface area (Å²) in [7, 11) is 0. The number of amides is 1. The van der Waals surface area contributed by atoms with E-state index >= 15 is 0 Å². The summed E-state index contributed by atoms with van der Waals surface area (Å²) in [5, 5.41) is 11.3. The number of pyridine rings is 1. The Hall–Kier alpha value is -2.69. The van der Waals surface area contributed by atoms with Gasteiger partial charge >= 0.3 is 0 Å². The van der Waals surface area contributed by atoms with Gasteiger partial charge in [0.05, 0.1) is 0 Å². The molecule has 0 spiro atoms. The fourth-order valence-corrected chi connectivity index (χ4v) is 2.22. The summed E-state index contributed by atoms with van der Waals surface area (Å²) < 4.78 is 1.92. The van der Waals surface area contributed by atoms with Gasteiger partial charge in [-0.05, 0) is 30.7 Å². The van der Waals surface area contributed by atoms with E-state index in [2.05, 4.69) is 15.5 Å². The van der Waals surface area contributed by atoms with Crippen LogP contribution in [-0.2, 0) is 4.79 Å². The molecule has 0 aliphatic carbocycles. The number of nitrogens with one attached hydrogen (secondary N) is 1. The molecule has 21 heavy (non-hydrogen) atoms. The highest BCUT2D eigenvalue weighted by molar-refractivity contribution is 5.91. The van der Waals surface area contributed by atoms with Crippen LogP contribution in [-0.4, -0.2) is 20.5 Å². The van der Waals surface area contributed by atoms with Crippen molar-refractivity contribution in [2.24, 2.45) is 0 Å². The van der Waals surface area contributed by atoms with E-state index in [-0.39, 0.29) is 5.91 Å². The highest BCUT2D eigenvalue weighted by atomic mass is 16.1. The molecule has 0 atom stereocenters. The van der Waals surface area contributed by atoms with Gasteiger partial charge in [-0.1, -0.05) is 25.1 Å². The maximum atomic E-state index is 11.7. The van der Waals surface area contributed by atoms with Crippen LogP contribution >= 0.6 is 0 Å². The fraction of sp³-hybridized carbons (Fsp3) is 0.188. The molecule has 1 aromatic carbocycles. The lowest BCUT2D eigenvalue weighted by Gasteiger charge is -2.06. The smallest absolute Gasteiger partial charge is 0.224 e. The lowest BCUT2D eigenvalue weighted by molar-refractivity contribution is -0.116. The SMILES string of the molecule is CCCC(=O)Nc1cccc(-c2nnc3ccccn23)c1. The Kier molecular flexibility index (Phi) is 3.64. The third-order valence-corrected chi connectivity index (χ3v) is 3.20. The van der Waals surface area contributed by atoms with Gasteiger partial charge in [0.25, 0.3) is 0 Å². The van der Waals surface area contributed by atoms with Gasteiger partial charge in [0.2, 0.25) is 5.91 Å². The van der Waals surface area contributed by atoms with Crippen molar-refractivity contribution in [2.75, 3.05) is 5.32 Å². The lowest BCUT2D eigenvalue weighted by Crippen LogP contribution is -2.10. The van der Waals surface area contributed by atoms with Crippen LogP contribution in [0.1, 0.15) is 19.8 Å². The Labute approximate surface area is 122 Å². The van der Waals surface area contributed by atoms with Crippen LogP contribution in [0.25, 0.3) is 17.0 Å². The van der Waals surface area contributed by atoms with Crippen molar-refractivity contribution < 1.29 is 4.79 Å². The van der Waals surface area contributed by atoms with Crippen molar-refractivity contribution in [3.8, 4) is 11.4 Å². The molecule has 0 fully saturated rings. The van der Waals surface area contributed by atoms with Gasteiger partial charge in [0.15, 0.2) is 11.5 Å². The molecule has 2 aromatic heterocycles. The molecule has 0 unspecified atom stereocenters. The summed E-state index contributed by atoms with van der Waals surface area (Å²) in [6.45, 7) is 1.98. The summed E-state index contributed by atoms with van der Waals surface area (Å²) in [5.74, 6) is 0.790. The van der Waals surface area contributed by atoms with Crippen molar-refractivity contribution in [3.05, 3.63) is 48.7 Å². The van der Waals surface area contributed by atoms with Gasteiger partial charge in [0.1, 0.15) is 0 Å². The summed E-state index contributed by atoms with van der Waals surface area (Å²) in [5.41, 5.74) is 2.49. The zero-order valence-corrected chi connectivity index (χ0v) is 11.8. The zero-order valence-electron chi connectivity index (χ0n) is 11.8. The van der Waals surface area contributed by atoms with Crippen LogP contribution in [0, 0.1) is 0 Å². The third kappa shape index (κ3) is 2.76. The number of anilines is 1. The molecule has 1 amide bonds. The van der Waals surface area contributed by atoms with Crippen molar-refractivity contribution in [1.82, 2.24) is 14.6 Å². The molecule has 0 saturated heterocycles. The van der Waals surface area contributed by atoms with Crippen LogP contribution in [0.3, 0.4) is 0 Å². The van der Waals surface area contributed by atoms with Gasteiger partial charge in [-0.15, -0.1) is 10.2 Å². The largest absolute Gasteiger partial charge is 0.326 e. The van der Waals surface area contributed by atoms with Gasteiger partial charge in [0, 0.05) is 23.9 Å². The van der Waals surface area contributed by atoms with Crippen LogP contribution in [0.4, 0.5) is 5.69 Å². The summed E-state index contributed by atoms with van der Waals surface area (Å²) in [6, 6.07) is 13.4. The average Bonchev–Trinajstić information content (AvgIpc) is 2.91. The van der Waals surface area contributed by atoms with Gasteiger partial charge in [-0.3, -0.25) is 9.20 Å². The number of nitrogens with zero attached hydrogens (tertiary/aromatic N) is 3.